The topological polar surface area (TPSA) is 140 Å². The number of piperidine rings is 1. The normalized spacial score (nSPS) is 15.5. The van der Waals surface area contributed by atoms with Crippen molar-refractivity contribution in [2.45, 2.75) is 44.8 Å². The van der Waals surface area contributed by atoms with Crippen molar-refractivity contribution in [1.82, 2.24) is 25.3 Å². The summed E-state index contributed by atoms with van der Waals surface area (Å²) in [5, 5.41) is 13.3. The number of amides is 1. The molecule has 0 aliphatic carbocycles. The molecule has 0 radical (unpaired) electrons. The molecule has 4 heterocycles. The highest BCUT2D eigenvalue weighted by Crippen LogP contribution is 2.36. The van der Waals surface area contributed by atoms with Crippen molar-refractivity contribution in [2.75, 3.05) is 25.1 Å². The largest absolute Gasteiger partial charge is 0.494 e. The van der Waals surface area contributed by atoms with Crippen molar-refractivity contribution in [3.05, 3.63) is 36.9 Å². The van der Waals surface area contributed by atoms with E-state index in [1.807, 2.05) is 17.0 Å². The summed E-state index contributed by atoms with van der Waals surface area (Å²) in [7, 11) is 1.55. The third-order valence-corrected chi connectivity index (χ3v) is 5.78. The number of carboxylic acid groups (broad SMARTS) is 1. The van der Waals surface area contributed by atoms with Gasteiger partial charge < -0.3 is 24.8 Å². The number of anilines is 1. The van der Waals surface area contributed by atoms with Crippen LogP contribution in [0.4, 0.5) is 10.6 Å². The average Bonchev–Trinajstić information content (AvgIpc) is 2.82. The van der Waals surface area contributed by atoms with Gasteiger partial charge in [-0.3, -0.25) is 9.97 Å². The van der Waals surface area contributed by atoms with Crippen molar-refractivity contribution in [3.8, 4) is 17.1 Å². The minimum Gasteiger partial charge on any atom is -0.494 e. The van der Waals surface area contributed by atoms with Crippen LogP contribution in [0.5, 0.6) is 5.75 Å². The van der Waals surface area contributed by atoms with Gasteiger partial charge in [-0.1, -0.05) is 0 Å². The maximum Gasteiger partial charge on any atom is 0.408 e. The maximum absolute atomic E-state index is 12.4. The Morgan fingerprint density at radius 3 is 2.37 bits per heavy atom. The van der Waals surface area contributed by atoms with Crippen molar-refractivity contribution in [1.29, 1.82) is 0 Å². The first kappa shape index (κ1) is 24.1. The molecule has 1 aliphatic heterocycles. The number of hydrogen-bond acceptors (Lipinski definition) is 9. The molecule has 1 aliphatic rings. The molecule has 0 bridgehead atoms. The van der Waals surface area contributed by atoms with Crippen LogP contribution in [0, 0.1) is 0 Å². The van der Waals surface area contributed by atoms with Gasteiger partial charge in [-0.15, -0.1) is 0 Å². The SMILES string of the molecule is COc1cncc2nc(-c3ccncc3)nc(N3CCC(NC(=O)OC(C)(C)C)(C(=O)O)CC3)c12. The van der Waals surface area contributed by atoms with Crippen LogP contribution in [-0.4, -0.2) is 68.4 Å². The van der Waals surface area contributed by atoms with Gasteiger partial charge in [-0.25, -0.2) is 19.6 Å². The van der Waals surface area contributed by atoms with Crippen molar-refractivity contribution in [2.24, 2.45) is 0 Å². The van der Waals surface area contributed by atoms with Gasteiger partial charge in [0, 0.05) is 31.0 Å². The minimum atomic E-state index is -1.44. The Labute approximate surface area is 202 Å². The first-order valence-corrected chi connectivity index (χ1v) is 11.2. The molecule has 1 fully saturated rings. The van der Waals surface area contributed by atoms with Crippen molar-refractivity contribution < 1.29 is 24.2 Å². The fraction of sp³-hybridized carbons (Fsp3) is 0.417. The molecule has 0 atom stereocenters. The van der Waals surface area contributed by atoms with Crippen molar-refractivity contribution >= 4 is 28.8 Å². The zero-order valence-corrected chi connectivity index (χ0v) is 20.1. The van der Waals surface area contributed by atoms with Gasteiger partial charge in [0.05, 0.1) is 30.4 Å². The lowest BCUT2D eigenvalue weighted by molar-refractivity contribution is -0.145. The van der Waals surface area contributed by atoms with Gasteiger partial charge in [0.25, 0.3) is 0 Å². The lowest BCUT2D eigenvalue weighted by atomic mass is 9.87. The Morgan fingerprint density at radius 1 is 1.09 bits per heavy atom. The second-order valence-corrected chi connectivity index (χ2v) is 9.34. The van der Waals surface area contributed by atoms with E-state index in [1.54, 1.807) is 52.7 Å². The van der Waals surface area contributed by atoms with Gasteiger partial charge in [0.2, 0.25) is 0 Å². The summed E-state index contributed by atoms with van der Waals surface area (Å²) in [4.78, 5) is 44.4. The van der Waals surface area contributed by atoms with E-state index in [9.17, 15) is 14.7 Å². The third-order valence-electron chi connectivity index (χ3n) is 5.78. The second kappa shape index (κ2) is 9.32. The molecule has 11 nitrogen and oxygen atoms in total. The lowest BCUT2D eigenvalue weighted by Crippen LogP contribution is -2.60. The summed E-state index contributed by atoms with van der Waals surface area (Å²) in [6.07, 6.45) is 6.12. The number of nitrogens with one attached hydrogen (secondary N) is 1. The van der Waals surface area contributed by atoms with Gasteiger partial charge in [-0.2, -0.15) is 0 Å². The number of aromatic nitrogens is 4. The van der Waals surface area contributed by atoms with Gasteiger partial charge in [0.15, 0.2) is 5.82 Å². The van der Waals surface area contributed by atoms with Gasteiger partial charge in [-0.05, 0) is 45.7 Å². The zero-order chi connectivity index (χ0) is 25.2. The fourth-order valence-corrected chi connectivity index (χ4v) is 4.04. The van der Waals surface area contributed by atoms with Crippen molar-refractivity contribution in [3.63, 3.8) is 0 Å². The number of carbonyl (C=O) groups excluding carboxylic acids is 1. The van der Waals surface area contributed by atoms with Crippen LogP contribution < -0.4 is 15.0 Å². The molecule has 2 N–H and O–H groups in total. The van der Waals surface area contributed by atoms with E-state index in [4.69, 9.17) is 14.5 Å². The molecule has 3 aromatic heterocycles. The number of methoxy groups -OCH3 is 1. The zero-order valence-electron chi connectivity index (χ0n) is 20.1. The number of carbonyl (C=O) groups is 2. The van der Waals surface area contributed by atoms with E-state index >= 15 is 0 Å². The van der Waals surface area contributed by atoms with E-state index in [0.717, 1.165) is 5.56 Å². The Balaban J connectivity index is 1.68. The number of fused-ring (bicyclic) bond motifs is 1. The molecule has 1 saturated heterocycles. The summed E-state index contributed by atoms with van der Waals surface area (Å²) in [5.41, 5.74) is -0.794. The summed E-state index contributed by atoms with van der Waals surface area (Å²) in [6.45, 7) is 5.84. The number of aliphatic carboxylic acids is 1. The monoisotopic (exact) mass is 480 g/mol. The van der Waals surface area contributed by atoms with Gasteiger partial charge in [0.1, 0.15) is 22.7 Å². The fourth-order valence-electron chi connectivity index (χ4n) is 4.04. The predicted octanol–water partition coefficient (Wildman–Crippen LogP) is 3.04. The van der Waals surface area contributed by atoms with Crippen LogP contribution in [0.2, 0.25) is 0 Å². The standard InChI is InChI=1S/C24H28N6O5/c1-23(2,3)35-22(33)29-24(21(31)32)7-11-30(12-8-24)20-18-16(13-26-14-17(18)34-4)27-19(28-20)15-5-9-25-10-6-15/h5-6,9-10,13-14H,7-8,11-12H2,1-4H3,(H,29,33)(H,31,32). The van der Waals surface area contributed by atoms with Crippen LogP contribution in [0.1, 0.15) is 33.6 Å². The smallest absolute Gasteiger partial charge is 0.408 e. The number of rotatable bonds is 5. The van der Waals surface area contributed by atoms with E-state index in [1.165, 1.54) is 0 Å². The molecular formula is C24H28N6O5. The molecule has 0 aromatic carbocycles. The highest BCUT2D eigenvalue weighted by molar-refractivity contribution is 5.96. The lowest BCUT2D eigenvalue weighted by Gasteiger charge is -2.40. The number of carboxylic acids is 1. The molecule has 1 amide bonds. The molecule has 0 spiro atoms. The number of ether oxygens (including phenoxy) is 2. The first-order chi connectivity index (χ1) is 16.6. The molecular weight excluding hydrogens is 452 g/mol. The highest BCUT2D eigenvalue weighted by atomic mass is 16.6. The van der Waals surface area contributed by atoms with E-state index in [0.29, 0.717) is 41.4 Å². The molecule has 3 aromatic rings. The maximum atomic E-state index is 12.4. The van der Waals surface area contributed by atoms with Crippen LogP contribution in [0.3, 0.4) is 0 Å². The first-order valence-electron chi connectivity index (χ1n) is 11.2. The summed E-state index contributed by atoms with van der Waals surface area (Å²) in [6, 6.07) is 3.63. The highest BCUT2D eigenvalue weighted by Gasteiger charge is 2.44. The molecule has 0 saturated carbocycles. The predicted molar refractivity (Wildman–Crippen MR) is 128 cm³/mol. The molecule has 4 rings (SSSR count). The van der Waals surface area contributed by atoms with Crippen LogP contribution >= 0.6 is 0 Å². The summed E-state index contributed by atoms with van der Waals surface area (Å²) < 4.78 is 10.8. The Bertz CT molecular complexity index is 1240. The van der Waals surface area contributed by atoms with Crippen LogP contribution in [0.25, 0.3) is 22.3 Å². The number of hydrogen-bond donors (Lipinski definition) is 2. The Morgan fingerprint density at radius 2 is 1.77 bits per heavy atom. The molecule has 11 heteroatoms. The summed E-state index contributed by atoms with van der Waals surface area (Å²) in [5.74, 6) is 0.514. The van der Waals surface area contributed by atoms with E-state index in [2.05, 4.69) is 20.3 Å². The number of pyridine rings is 2. The quantitative estimate of drug-likeness (QED) is 0.560. The number of alkyl carbamates (subject to hydrolysis) is 1. The minimum absolute atomic E-state index is 0.158. The van der Waals surface area contributed by atoms with E-state index in [-0.39, 0.29) is 12.8 Å². The van der Waals surface area contributed by atoms with Crippen LogP contribution in [-0.2, 0) is 9.53 Å². The Hall–Kier alpha value is -4.02. The molecule has 184 valence electrons. The third kappa shape index (κ3) is 5.08. The molecule has 35 heavy (non-hydrogen) atoms. The molecule has 0 unspecified atom stereocenters. The Kier molecular flexibility index (Phi) is 6.42. The average molecular weight is 481 g/mol. The second-order valence-electron chi connectivity index (χ2n) is 9.34. The summed E-state index contributed by atoms with van der Waals surface area (Å²) >= 11 is 0. The van der Waals surface area contributed by atoms with E-state index < -0.39 is 23.2 Å². The van der Waals surface area contributed by atoms with Gasteiger partial charge >= 0.3 is 12.1 Å². The number of nitrogens with zero attached hydrogens (tertiary/aromatic N) is 5. The van der Waals surface area contributed by atoms with Crippen LogP contribution in [0.15, 0.2) is 36.9 Å².